The zero-order chi connectivity index (χ0) is 44.0. The van der Waals surface area contributed by atoms with Crippen LogP contribution < -0.4 is 16.4 Å². The fraction of sp³-hybridized carbons (Fsp3) is 0.613. The van der Waals surface area contributed by atoms with Crippen molar-refractivity contribution in [3.8, 4) is 0 Å². The maximum Gasteiger partial charge on any atom is 0.481 e. The number of hydrogen-bond acceptors (Lipinski definition) is 18. The van der Waals surface area contributed by atoms with Crippen molar-refractivity contribution < 1.29 is 80.5 Å². The number of phosphoric ester groups is 3. The highest BCUT2D eigenvalue weighted by molar-refractivity contribution is 8.14. The average Bonchev–Trinajstić information content (AvgIpc) is 3.71. The zero-order valence-electron chi connectivity index (χ0n) is 32.2. The number of aliphatic hydroxyl groups excluding tert-OH is 2. The molecule has 1 aliphatic heterocycles. The second kappa shape index (κ2) is 22.8. The number of phosphoric acid groups is 3. The molecule has 0 radical (unpaired) electrons. The van der Waals surface area contributed by atoms with Crippen LogP contribution in [0.5, 0.6) is 0 Å². The Morgan fingerprint density at radius 3 is 2.46 bits per heavy atom. The van der Waals surface area contributed by atoms with Gasteiger partial charge in [-0.15, -0.1) is 0 Å². The molecule has 2 aromatic heterocycles. The number of nitrogens with two attached hydrogens (primary N) is 1. The van der Waals surface area contributed by atoms with Crippen LogP contribution in [0, 0.1) is 5.41 Å². The Hall–Kier alpha value is -2.96. The third-order valence-electron chi connectivity index (χ3n) is 8.20. The molecule has 0 saturated carbocycles. The Morgan fingerprint density at radius 2 is 1.76 bits per heavy atom. The Morgan fingerprint density at radius 1 is 1.05 bits per heavy atom. The third-order valence-corrected chi connectivity index (χ3v) is 12.1. The number of aliphatic hydroxyl groups is 2. The van der Waals surface area contributed by atoms with Crippen molar-refractivity contribution in [2.75, 3.05) is 37.8 Å². The minimum absolute atomic E-state index is 0.0300. The van der Waals surface area contributed by atoms with E-state index in [1.807, 2.05) is 12.2 Å². The smallest absolute Gasteiger partial charge is 0.386 e. The van der Waals surface area contributed by atoms with E-state index in [4.69, 9.17) is 19.5 Å². The highest BCUT2D eigenvalue weighted by Crippen LogP contribution is 2.61. The fourth-order valence-electron chi connectivity index (χ4n) is 5.15. The SMILES string of the molecule is CCCCC/C=C/C=C/C(=O)SCCNC(=O)CCNC(=O)C(O)C(C)(C)COP(=O)(O)OP(=O)(O)OCC1OC(n2cnc3c(N)ncnc32)C(O)C1OP(=O)(O)O. The molecule has 1 saturated heterocycles. The van der Waals surface area contributed by atoms with Crippen molar-refractivity contribution in [2.45, 2.75) is 83.5 Å². The molecule has 10 N–H and O–H groups in total. The molecule has 24 nitrogen and oxygen atoms in total. The molecule has 0 aliphatic carbocycles. The van der Waals surface area contributed by atoms with E-state index < -0.39 is 84.6 Å². The molecule has 0 aromatic carbocycles. The number of ether oxygens (including phenoxy) is 1. The molecule has 3 rings (SSSR count). The number of nitrogen functional groups attached to an aromatic ring is 1. The minimum atomic E-state index is -5.57. The number of fused-ring (bicyclic) bond motifs is 1. The molecule has 1 fully saturated rings. The van der Waals surface area contributed by atoms with Gasteiger partial charge in [0, 0.05) is 30.7 Å². The van der Waals surface area contributed by atoms with Gasteiger partial charge in [0.05, 0.1) is 19.5 Å². The lowest BCUT2D eigenvalue weighted by molar-refractivity contribution is -0.137. The summed E-state index contributed by atoms with van der Waals surface area (Å²) in [7, 11) is -16.4. The maximum absolute atomic E-state index is 12.7. The summed E-state index contributed by atoms with van der Waals surface area (Å²) in [6.45, 7) is 2.59. The maximum atomic E-state index is 12.7. The number of carbonyl (C=O) groups excluding carboxylic acids is 3. The summed E-state index contributed by atoms with van der Waals surface area (Å²) < 4.78 is 62.2. The van der Waals surface area contributed by atoms with Crippen LogP contribution in [0.4, 0.5) is 5.82 Å². The minimum Gasteiger partial charge on any atom is -0.386 e. The first kappa shape index (κ1) is 50.4. The normalized spacial score (nSPS) is 21.4. The molecule has 7 atom stereocenters. The molecule has 332 valence electrons. The van der Waals surface area contributed by atoms with E-state index in [2.05, 4.69) is 41.3 Å². The quantitative estimate of drug-likeness (QED) is 0.0294. The highest BCUT2D eigenvalue weighted by Gasteiger charge is 2.50. The van der Waals surface area contributed by atoms with Gasteiger partial charge in [-0.3, -0.25) is 32.5 Å². The summed E-state index contributed by atoms with van der Waals surface area (Å²) >= 11 is 1.02. The van der Waals surface area contributed by atoms with Crippen LogP contribution in [0.2, 0.25) is 0 Å². The Kier molecular flexibility index (Phi) is 19.4. The van der Waals surface area contributed by atoms with Gasteiger partial charge in [-0.05, 0) is 18.9 Å². The number of aromatic nitrogens is 4. The van der Waals surface area contributed by atoms with E-state index in [1.54, 1.807) is 6.08 Å². The van der Waals surface area contributed by atoms with Crippen molar-refractivity contribution in [1.29, 1.82) is 0 Å². The van der Waals surface area contributed by atoms with Gasteiger partial charge in [0.25, 0.3) is 0 Å². The second-order valence-corrected chi connectivity index (χ2v) is 18.9. The zero-order valence-corrected chi connectivity index (χ0v) is 35.7. The number of carbonyl (C=O) groups is 3. The number of allylic oxidation sites excluding steroid dienone is 3. The number of nitrogens with one attached hydrogen (secondary N) is 2. The van der Waals surface area contributed by atoms with E-state index >= 15 is 0 Å². The summed E-state index contributed by atoms with van der Waals surface area (Å²) in [6.07, 6.45) is 4.28. The standard InChI is InChI=1S/C31H50N7O17P3S/c1-4-5-6-7-8-9-10-11-22(40)59-15-14-33-21(39)12-13-34-29(43)26(42)31(2,3)17-52-58(49,50)55-57(47,48)51-16-20-25(54-56(44,45)46)24(41)30(53-20)38-19-37-23-27(32)35-18-36-28(23)38/h8-11,18-20,24-26,30,41-42H,4-7,12-17H2,1-3H3,(H,33,39)(H,34,43)(H,47,48)(H,49,50)(H2,32,35,36)(H2,44,45,46)/b9-8+,11-10+. The van der Waals surface area contributed by atoms with Gasteiger partial charge in [-0.25, -0.2) is 28.6 Å². The summed E-state index contributed by atoms with van der Waals surface area (Å²) in [5.74, 6) is -1.15. The molecule has 1 aliphatic rings. The van der Waals surface area contributed by atoms with E-state index in [0.29, 0.717) is 5.75 Å². The second-order valence-electron chi connectivity index (χ2n) is 13.5. The monoisotopic (exact) mass is 917 g/mol. The van der Waals surface area contributed by atoms with Gasteiger partial charge >= 0.3 is 23.5 Å². The van der Waals surface area contributed by atoms with Crippen LogP contribution in [0.3, 0.4) is 0 Å². The van der Waals surface area contributed by atoms with Crippen LogP contribution in [-0.2, 0) is 50.7 Å². The van der Waals surface area contributed by atoms with Crippen molar-refractivity contribution in [3.63, 3.8) is 0 Å². The topological polar surface area (TPSA) is 364 Å². The lowest BCUT2D eigenvalue weighted by Gasteiger charge is -2.30. The number of thioether (sulfide) groups is 1. The predicted molar refractivity (Wildman–Crippen MR) is 210 cm³/mol. The number of rotatable bonds is 25. The van der Waals surface area contributed by atoms with Gasteiger partial charge in [0.15, 0.2) is 17.7 Å². The first-order valence-electron chi connectivity index (χ1n) is 17.9. The van der Waals surface area contributed by atoms with Crippen LogP contribution in [-0.4, -0.2) is 123 Å². The molecular formula is C31H50N7O17P3S. The van der Waals surface area contributed by atoms with E-state index in [1.165, 1.54) is 19.9 Å². The summed E-state index contributed by atoms with van der Waals surface area (Å²) in [6, 6.07) is 0. The number of amides is 2. The molecule has 7 unspecified atom stereocenters. The third kappa shape index (κ3) is 16.8. The first-order chi connectivity index (χ1) is 27.6. The van der Waals surface area contributed by atoms with E-state index in [0.717, 1.165) is 54.7 Å². The molecule has 0 bridgehead atoms. The summed E-state index contributed by atoms with van der Waals surface area (Å²) in [4.78, 5) is 87.6. The van der Waals surface area contributed by atoms with Crippen molar-refractivity contribution in [2.24, 2.45) is 5.41 Å². The van der Waals surface area contributed by atoms with Crippen LogP contribution >= 0.6 is 35.2 Å². The number of unbranched alkanes of at least 4 members (excludes halogenated alkanes) is 3. The molecule has 59 heavy (non-hydrogen) atoms. The summed E-state index contributed by atoms with van der Waals surface area (Å²) in [5.41, 5.74) is 4.26. The van der Waals surface area contributed by atoms with Gasteiger partial charge in [0.1, 0.15) is 36.3 Å². The number of imidazole rings is 1. The summed E-state index contributed by atoms with van der Waals surface area (Å²) in [5, 5.41) is 26.2. The molecule has 0 spiro atoms. The molecule has 28 heteroatoms. The number of nitrogens with zero attached hydrogens (tertiary/aromatic N) is 4. The number of anilines is 1. The van der Waals surface area contributed by atoms with Gasteiger partial charge in [0.2, 0.25) is 16.9 Å². The number of hydrogen-bond donors (Lipinski definition) is 9. The van der Waals surface area contributed by atoms with Crippen LogP contribution in [0.25, 0.3) is 11.2 Å². The molecule has 2 amide bonds. The van der Waals surface area contributed by atoms with Crippen LogP contribution in [0.1, 0.15) is 59.1 Å². The molecular weight excluding hydrogens is 867 g/mol. The largest absolute Gasteiger partial charge is 0.481 e. The highest BCUT2D eigenvalue weighted by atomic mass is 32.2. The van der Waals surface area contributed by atoms with Gasteiger partial charge in [-0.1, -0.05) is 63.6 Å². The van der Waals surface area contributed by atoms with E-state index in [-0.39, 0.29) is 41.6 Å². The lowest BCUT2D eigenvalue weighted by atomic mass is 9.87. The first-order valence-corrected chi connectivity index (χ1v) is 23.5. The Bertz CT molecular complexity index is 1950. The molecule has 2 aromatic rings. The fourth-order valence-corrected chi connectivity index (χ4v) is 8.56. The van der Waals surface area contributed by atoms with Crippen molar-refractivity contribution >= 4 is 69.1 Å². The van der Waals surface area contributed by atoms with Gasteiger partial charge in [-0.2, -0.15) is 4.31 Å². The predicted octanol–water partition coefficient (Wildman–Crippen LogP) is 1.36. The van der Waals surface area contributed by atoms with Crippen molar-refractivity contribution in [1.82, 2.24) is 30.2 Å². The average molecular weight is 918 g/mol. The van der Waals surface area contributed by atoms with Crippen LogP contribution in [0.15, 0.2) is 37.0 Å². The molecule has 3 heterocycles. The van der Waals surface area contributed by atoms with Gasteiger partial charge < -0.3 is 50.9 Å². The Balaban J connectivity index is 1.44. The lowest BCUT2D eigenvalue weighted by Crippen LogP contribution is -2.46. The van der Waals surface area contributed by atoms with E-state index in [9.17, 15) is 57.9 Å². The van der Waals surface area contributed by atoms with Crippen molar-refractivity contribution in [3.05, 3.63) is 37.0 Å². The Labute approximate surface area is 342 Å².